The van der Waals surface area contributed by atoms with Crippen LogP contribution < -0.4 is 5.32 Å². The summed E-state index contributed by atoms with van der Waals surface area (Å²) in [7, 11) is -5.77. The summed E-state index contributed by atoms with van der Waals surface area (Å²) in [6.45, 7) is 0. The number of rotatable bonds is 1. The molecule has 0 saturated heterocycles. The van der Waals surface area contributed by atoms with Gasteiger partial charge in [-0.25, -0.2) is 30.4 Å². The Kier molecular flexibility index (Phi) is 4.98. The molecule has 1 aromatic carbocycles. The highest BCUT2D eigenvalue weighted by Crippen LogP contribution is 2.26. The summed E-state index contributed by atoms with van der Waals surface area (Å²) in [6.07, 6.45) is 8.00. The van der Waals surface area contributed by atoms with Gasteiger partial charge in [0.25, 0.3) is 0 Å². The minimum Gasteiger partial charge on any atom is -0.744 e. The average molecular weight is 315 g/mol. The highest BCUT2D eigenvalue weighted by Gasteiger charge is 2.28. The highest BCUT2D eigenvalue weighted by molar-refractivity contribution is 7.85. The Labute approximate surface area is 110 Å². The van der Waals surface area contributed by atoms with Crippen LogP contribution in [0.4, 0.5) is 22.0 Å². The van der Waals surface area contributed by atoms with Crippen molar-refractivity contribution in [3.63, 3.8) is 0 Å². The van der Waals surface area contributed by atoms with E-state index in [2.05, 4.69) is 0 Å². The number of hydrogen-bond acceptors (Lipinski definition) is 3. The molecule has 0 aromatic heterocycles. The topological polar surface area (TPSA) is 73.8 Å². The Bertz CT molecular complexity index is 646. The van der Waals surface area contributed by atoms with Crippen molar-refractivity contribution in [1.82, 2.24) is 0 Å². The second-order valence-electron chi connectivity index (χ2n) is 3.32. The van der Waals surface area contributed by atoms with E-state index in [0.29, 0.717) is 0 Å². The molecule has 0 amide bonds. The molecule has 0 atom stereocenters. The molecule has 1 aliphatic heterocycles. The second-order valence-corrected chi connectivity index (χ2v) is 4.63. The summed E-state index contributed by atoms with van der Waals surface area (Å²) in [5.74, 6) is -12.8. The Hall–Kier alpha value is -1.78. The van der Waals surface area contributed by atoms with Crippen LogP contribution in [0.15, 0.2) is 29.4 Å². The van der Waals surface area contributed by atoms with Crippen LogP contribution in [0.3, 0.4) is 0 Å². The van der Waals surface area contributed by atoms with Crippen molar-refractivity contribution in [2.75, 3.05) is 0 Å². The lowest BCUT2D eigenvalue weighted by molar-refractivity contribution is -0.510. The first-order valence-corrected chi connectivity index (χ1v) is 6.22. The van der Waals surface area contributed by atoms with Gasteiger partial charge in [0.2, 0.25) is 5.82 Å². The van der Waals surface area contributed by atoms with E-state index in [0.717, 1.165) is 0 Å². The zero-order chi connectivity index (χ0) is 15.5. The molecule has 0 spiro atoms. The first-order chi connectivity index (χ1) is 9.18. The van der Waals surface area contributed by atoms with Gasteiger partial charge in [-0.2, -0.15) is 0 Å². The van der Waals surface area contributed by atoms with Crippen LogP contribution in [0.1, 0.15) is 0 Å². The van der Waals surface area contributed by atoms with E-state index < -0.39 is 44.1 Å². The highest BCUT2D eigenvalue weighted by atomic mass is 32.2. The van der Waals surface area contributed by atoms with Gasteiger partial charge >= 0.3 is 0 Å². The van der Waals surface area contributed by atoms with Crippen LogP contribution in [0.25, 0.3) is 0 Å². The predicted molar refractivity (Wildman–Crippen MR) is 54.4 cm³/mol. The van der Waals surface area contributed by atoms with E-state index in [4.69, 9.17) is 0 Å². The number of halogens is 5. The van der Waals surface area contributed by atoms with Crippen LogP contribution in [-0.4, -0.2) is 13.0 Å². The zero-order valence-electron chi connectivity index (χ0n) is 9.41. The molecule has 0 fully saturated rings. The first kappa shape index (κ1) is 16.3. The maximum atomic E-state index is 12.6. The molecule has 1 aromatic rings. The maximum Gasteiger partial charge on any atom is 0.200 e. The Morgan fingerprint density at radius 1 is 0.800 bits per heavy atom. The van der Waals surface area contributed by atoms with Gasteiger partial charge in [-0.15, -0.1) is 0 Å². The van der Waals surface area contributed by atoms with Crippen LogP contribution in [0, 0.1) is 29.1 Å². The van der Waals surface area contributed by atoms with E-state index in [1.54, 1.807) is 0 Å². The van der Waals surface area contributed by atoms with Gasteiger partial charge in [0, 0.05) is 0 Å². The summed E-state index contributed by atoms with van der Waals surface area (Å²) < 4.78 is 92.9. The fraction of sp³-hybridized carbons (Fsp3) is 0. The third-order valence-electron chi connectivity index (χ3n) is 1.98. The van der Waals surface area contributed by atoms with Gasteiger partial charge < -0.3 is 4.55 Å². The van der Waals surface area contributed by atoms with Crippen molar-refractivity contribution in [3.05, 3.63) is 53.6 Å². The SMILES string of the molecule is C1=C[NH2+]C=C1.O=S(=O)([O-])c1c(F)c(F)c(F)c(F)c1F. The van der Waals surface area contributed by atoms with Gasteiger partial charge in [-0.3, -0.25) is 5.32 Å². The van der Waals surface area contributed by atoms with Crippen LogP contribution in [-0.2, 0) is 10.1 Å². The summed E-state index contributed by atoms with van der Waals surface area (Å²) in [4.78, 5) is -2.38. The van der Waals surface area contributed by atoms with Gasteiger partial charge in [-0.1, -0.05) is 0 Å². The minimum atomic E-state index is -5.77. The van der Waals surface area contributed by atoms with E-state index in [1.807, 2.05) is 29.9 Å². The molecular formula is C10H6F5NO3S. The van der Waals surface area contributed by atoms with Crippen molar-refractivity contribution in [3.8, 4) is 0 Å². The largest absolute Gasteiger partial charge is 0.744 e. The van der Waals surface area contributed by atoms with Gasteiger partial charge in [0.1, 0.15) is 15.0 Å². The Morgan fingerprint density at radius 3 is 1.40 bits per heavy atom. The van der Waals surface area contributed by atoms with Crippen molar-refractivity contribution >= 4 is 10.1 Å². The van der Waals surface area contributed by atoms with E-state index in [1.165, 1.54) is 0 Å². The molecule has 0 bridgehead atoms. The summed E-state index contributed by atoms with van der Waals surface area (Å²) >= 11 is 0. The molecule has 2 N–H and O–H groups in total. The number of allylic oxidation sites excluding steroid dienone is 2. The normalized spacial score (nSPS) is 13.3. The van der Waals surface area contributed by atoms with Crippen LogP contribution in [0.5, 0.6) is 0 Å². The Balaban J connectivity index is 0.000000333. The van der Waals surface area contributed by atoms with Crippen molar-refractivity contribution < 1.29 is 40.2 Å². The second kappa shape index (κ2) is 6.11. The molecule has 110 valence electrons. The van der Waals surface area contributed by atoms with Crippen molar-refractivity contribution in [2.24, 2.45) is 0 Å². The first-order valence-electron chi connectivity index (χ1n) is 4.82. The molecule has 0 unspecified atom stereocenters. The molecule has 10 heteroatoms. The fourth-order valence-electron chi connectivity index (χ4n) is 1.13. The average Bonchev–Trinajstić information content (AvgIpc) is 2.91. The fourth-order valence-corrected chi connectivity index (χ4v) is 1.74. The lowest BCUT2D eigenvalue weighted by Gasteiger charge is -2.10. The number of hydrogen-bond donors (Lipinski definition) is 1. The molecule has 1 aliphatic rings. The minimum absolute atomic E-state index is 2.00. The summed E-state index contributed by atoms with van der Waals surface area (Å²) in [5, 5.41) is 2.00. The van der Waals surface area contributed by atoms with E-state index >= 15 is 0 Å². The molecule has 0 radical (unpaired) electrons. The molecule has 2 rings (SSSR count). The molecule has 0 aliphatic carbocycles. The molecule has 20 heavy (non-hydrogen) atoms. The molecular weight excluding hydrogens is 309 g/mol. The number of quaternary nitrogens is 1. The third-order valence-corrected chi connectivity index (χ3v) is 2.83. The Morgan fingerprint density at radius 2 is 1.15 bits per heavy atom. The number of nitrogens with two attached hydrogens (primary N) is 1. The van der Waals surface area contributed by atoms with Gasteiger partial charge in [0.05, 0.1) is 12.4 Å². The quantitative estimate of drug-likeness (QED) is 0.362. The van der Waals surface area contributed by atoms with E-state index in [9.17, 15) is 34.9 Å². The lowest BCUT2D eigenvalue weighted by atomic mass is 10.3. The number of benzene rings is 1. The zero-order valence-corrected chi connectivity index (χ0v) is 10.2. The summed E-state index contributed by atoms with van der Waals surface area (Å²) in [5.41, 5.74) is 0. The standard InChI is InChI=1S/C6HF5O3S.C4H5N/c7-1-2(8)4(10)6(15(12,13)14)5(11)3(1)9;1-2-4-5-3-1/h(H,12,13,14);1-5H. The lowest BCUT2D eigenvalue weighted by Crippen LogP contribution is -2.69. The van der Waals surface area contributed by atoms with Crippen LogP contribution >= 0.6 is 0 Å². The smallest absolute Gasteiger partial charge is 0.200 e. The van der Waals surface area contributed by atoms with Crippen molar-refractivity contribution in [1.29, 1.82) is 0 Å². The summed E-state index contributed by atoms with van der Waals surface area (Å²) in [6, 6.07) is 0. The molecule has 4 nitrogen and oxygen atoms in total. The molecule has 1 heterocycles. The monoisotopic (exact) mass is 315 g/mol. The molecule has 0 saturated carbocycles. The van der Waals surface area contributed by atoms with Gasteiger partial charge in [0.15, 0.2) is 23.3 Å². The van der Waals surface area contributed by atoms with Crippen molar-refractivity contribution in [2.45, 2.75) is 4.90 Å². The van der Waals surface area contributed by atoms with Gasteiger partial charge in [-0.05, 0) is 12.2 Å². The van der Waals surface area contributed by atoms with Crippen LogP contribution in [0.2, 0.25) is 0 Å². The van der Waals surface area contributed by atoms with E-state index in [-0.39, 0.29) is 0 Å². The maximum absolute atomic E-state index is 12.6. The predicted octanol–water partition coefficient (Wildman–Crippen LogP) is 0.877. The third kappa shape index (κ3) is 3.40.